The molecule has 7 heavy (non-hydrogen) atoms. The Morgan fingerprint density at radius 2 is 0.286 bits per heavy atom. The Morgan fingerprint density at radius 3 is 0.286 bits per heavy atom. The predicted molar refractivity (Wildman–Crippen MR) is 43.0 cm³/mol. The molecule has 0 aliphatic heterocycles. The van der Waals surface area contributed by atoms with Crippen molar-refractivity contribution in [2.75, 3.05) is 0 Å². The fraction of sp³-hybridized carbons (Fsp3) is 0. The Morgan fingerprint density at radius 1 is 0.286 bits per heavy atom. The summed E-state index contributed by atoms with van der Waals surface area (Å²) < 4.78 is 0. The maximum atomic E-state index is 0. The van der Waals surface area contributed by atoms with Crippen molar-refractivity contribution in [2.24, 2.45) is 0 Å². The molecular weight excluding hydrogens is 147 g/mol. The first-order valence-corrected chi connectivity index (χ1v) is 0. The third-order valence-corrected chi connectivity index (χ3v) is 0. The first kappa shape index (κ1) is 58.7. The van der Waals surface area contributed by atoms with E-state index in [0.717, 1.165) is 0 Å². The van der Waals surface area contributed by atoms with Gasteiger partial charge >= 0.3 is 148 Å². The average molecular weight is 156 g/mol. The van der Waals surface area contributed by atoms with Crippen molar-refractivity contribution in [1.82, 2.24) is 0 Å². The van der Waals surface area contributed by atoms with Gasteiger partial charge < -0.3 is 11.0 Å². The van der Waals surface area contributed by atoms with Crippen LogP contribution < -0.4 is 0 Å². The normalized spacial score (nSPS) is 0. The molecule has 0 aliphatic carbocycles. The van der Waals surface area contributed by atoms with Gasteiger partial charge in [-0.2, -0.15) is 0 Å². The first-order chi connectivity index (χ1) is 0. The second-order valence-corrected chi connectivity index (χ2v) is 0. The molecule has 0 spiro atoms. The molecule has 7 heteroatoms. The summed E-state index contributed by atoms with van der Waals surface area (Å²) in [4.78, 5) is 0. The Balaban J connectivity index is 0. The molecule has 0 saturated carbocycles. The molecule has 0 aromatic heterocycles. The topological polar surface area (TPSA) is 63.0 Å². The number of hydrogen-bond acceptors (Lipinski definition) is 0. The van der Waals surface area contributed by atoms with Crippen LogP contribution >= 0.6 is 0 Å². The molecule has 0 rings (SSSR count). The standard InChI is InChI=1S/5Na.2H2O.5H/h;;;;;2*1H2;;;;;. The second-order valence-electron chi connectivity index (χ2n) is 0. The molecule has 0 heterocycles. The van der Waals surface area contributed by atoms with Gasteiger partial charge in [0.2, 0.25) is 0 Å². The molecular formula is H9Na5O2. The van der Waals surface area contributed by atoms with E-state index >= 15 is 0 Å². The molecule has 2 nitrogen and oxygen atoms in total. The maximum absolute atomic E-state index is 0. The van der Waals surface area contributed by atoms with Crippen LogP contribution in [0.25, 0.3) is 0 Å². The zero-order chi connectivity index (χ0) is 0. The van der Waals surface area contributed by atoms with Gasteiger partial charge in [0.15, 0.2) is 0 Å². The fourth-order valence-corrected chi connectivity index (χ4v) is 0. The van der Waals surface area contributed by atoms with Crippen LogP contribution in [0.2, 0.25) is 0 Å². The van der Waals surface area contributed by atoms with Crippen LogP contribution in [0.3, 0.4) is 0 Å². The molecule has 0 fully saturated rings. The van der Waals surface area contributed by atoms with Gasteiger partial charge in [-0.3, -0.25) is 0 Å². The molecule has 0 radical (unpaired) electrons. The van der Waals surface area contributed by atoms with Crippen molar-refractivity contribution < 1.29 is 11.0 Å². The van der Waals surface area contributed by atoms with Crippen molar-refractivity contribution in [2.45, 2.75) is 0 Å². The summed E-state index contributed by atoms with van der Waals surface area (Å²) in [5, 5.41) is 0. The van der Waals surface area contributed by atoms with E-state index in [9.17, 15) is 0 Å². The summed E-state index contributed by atoms with van der Waals surface area (Å²) in [5.74, 6) is 0. The van der Waals surface area contributed by atoms with Gasteiger partial charge in [-0.1, -0.05) is 0 Å². The SMILES string of the molecule is O.O.[NaH].[NaH].[NaH].[NaH].[NaH]. The third kappa shape index (κ3) is 35.9. The van der Waals surface area contributed by atoms with Gasteiger partial charge in [-0.15, -0.1) is 0 Å². The van der Waals surface area contributed by atoms with E-state index in [1.807, 2.05) is 0 Å². The van der Waals surface area contributed by atoms with Crippen LogP contribution in [0, 0.1) is 0 Å². The first-order valence-electron chi connectivity index (χ1n) is 0. The Hall–Kier alpha value is 4.92. The predicted octanol–water partition coefficient (Wildman–Crippen LogP) is -4.89. The van der Waals surface area contributed by atoms with Crippen molar-refractivity contribution in [3.63, 3.8) is 0 Å². The van der Waals surface area contributed by atoms with E-state index in [-0.39, 0.29) is 159 Å². The van der Waals surface area contributed by atoms with Crippen molar-refractivity contribution in [1.29, 1.82) is 0 Å². The number of rotatable bonds is 0. The monoisotopic (exact) mass is 156 g/mol. The van der Waals surface area contributed by atoms with Crippen LogP contribution in [-0.2, 0) is 0 Å². The van der Waals surface area contributed by atoms with E-state index in [0.29, 0.717) is 0 Å². The van der Waals surface area contributed by atoms with Gasteiger partial charge in [0, 0.05) is 0 Å². The van der Waals surface area contributed by atoms with Crippen molar-refractivity contribution in [3.8, 4) is 0 Å². The van der Waals surface area contributed by atoms with E-state index in [1.165, 1.54) is 0 Å². The Bertz CT molecular complexity index is 6.04. The summed E-state index contributed by atoms with van der Waals surface area (Å²) in [6.07, 6.45) is 0. The van der Waals surface area contributed by atoms with Gasteiger partial charge in [-0.25, -0.2) is 0 Å². The molecule has 0 amide bonds. The molecule has 0 aromatic rings. The molecule has 0 aliphatic rings. The molecule has 4 N–H and O–H groups in total. The summed E-state index contributed by atoms with van der Waals surface area (Å²) >= 11 is 0. The van der Waals surface area contributed by atoms with Crippen LogP contribution in [0.5, 0.6) is 0 Å². The van der Waals surface area contributed by atoms with Crippen molar-refractivity contribution in [3.05, 3.63) is 0 Å². The van der Waals surface area contributed by atoms with Crippen LogP contribution in [0.15, 0.2) is 0 Å². The number of hydrogen-bond donors (Lipinski definition) is 0. The zero-order valence-electron chi connectivity index (χ0n) is 1.00. The third-order valence-electron chi connectivity index (χ3n) is 0. The van der Waals surface area contributed by atoms with E-state index < -0.39 is 0 Å². The molecule has 26 valence electrons. The van der Waals surface area contributed by atoms with Crippen molar-refractivity contribution >= 4 is 148 Å². The van der Waals surface area contributed by atoms with Gasteiger partial charge in [-0.05, 0) is 0 Å². The molecule has 0 aromatic carbocycles. The van der Waals surface area contributed by atoms with Crippen LogP contribution in [0.1, 0.15) is 0 Å². The Kier molecular flexibility index (Phi) is 372. The molecule has 0 saturated heterocycles. The summed E-state index contributed by atoms with van der Waals surface area (Å²) in [7, 11) is 0. The molecule has 0 atom stereocenters. The van der Waals surface area contributed by atoms with E-state index in [2.05, 4.69) is 0 Å². The summed E-state index contributed by atoms with van der Waals surface area (Å²) in [6.45, 7) is 0. The molecule has 0 bridgehead atoms. The van der Waals surface area contributed by atoms with E-state index in [1.54, 1.807) is 0 Å². The summed E-state index contributed by atoms with van der Waals surface area (Å²) in [5.41, 5.74) is 0. The summed E-state index contributed by atoms with van der Waals surface area (Å²) in [6, 6.07) is 0. The molecule has 0 unspecified atom stereocenters. The Labute approximate surface area is 154 Å². The quantitative estimate of drug-likeness (QED) is 0.315. The van der Waals surface area contributed by atoms with Gasteiger partial charge in [0.1, 0.15) is 0 Å². The van der Waals surface area contributed by atoms with Gasteiger partial charge in [0.05, 0.1) is 0 Å². The average Bonchev–Trinajstić information content (AvgIpc) is 0. The minimum absolute atomic E-state index is 0. The second kappa shape index (κ2) is 44.4. The minimum atomic E-state index is 0. The van der Waals surface area contributed by atoms with Crippen LogP contribution in [0.4, 0.5) is 0 Å². The van der Waals surface area contributed by atoms with Crippen LogP contribution in [-0.4, -0.2) is 159 Å². The fourth-order valence-electron chi connectivity index (χ4n) is 0. The van der Waals surface area contributed by atoms with Gasteiger partial charge in [0.25, 0.3) is 0 Å². The van der Waals surface area contributed by atoms with E-state index in [4.69, 9.17) is 0 Å². The zero-order valence-corrected chi connectivity index (χ0v) is 1.00.